The van der Waals surface area contributed by atoms with Crippen molar-refractivity contribution < 1.29 is 0 Å². The van der Waals surface area contributed by atoms with E-state index in [0.29, 0.717) is 11.6 Å². The second kappa shape index (κ2) is 6.86. The van der Waals surface area contributed by atoms with Crippen LogP contribution >= 0.6 is 22.6 Å². The molecule has 0 bridgehead atoms. The van der Waals surface area contributed by atoms with Gasteiger partial charge in [-0.25, -0.2) is 14.6 Å². The average molecular weight is 418 g/mol. The van der Waals surface area contributed by atoms with E-state index in [1.165, 1.54) is 9.90 Å². The van der Waals surface area contributed by atoms with Crippen LogP contribution in [-0.4, -0.2) is 25.5 Å². The number of halogens is 1. The number of nitrogens with zero attached hydrogens (tertiary/aromatic N) is 5. The van der Waals surface area contributed by atoms with E-state index in [9.17, 15) is 0 Å². The van der Waals surface area contributed by atoms with E-state index in [2.05, 4.69) is 60.3 Å². The fraction of sp³-hybridized carbons (Fsp3) is 0.125. The number of rotatable bonds is 4. The number of anilines is 1. The molecule has 7 heteroatoms. The molecule has 0 radical (unpaired) electrons. The highest BCUT2D eigenvalue weighted by molar-refractivity contribution is 14.1. The first-order valence-electron chi connectivity index (χ1n) is 7.02. The molecule has 0 fully saturated rings. The topological polar surface area (TPSA) is 68.0 Å². The standard InChI is InChI=1S/C16H15IN6/c1-11-8-20-23(9-11)16-7-15(18-10-19-16)22-21-12(2)13-3-5-14(17)6-4-13/h3-10H,1-2H3,(H,18,19,22)/b21-12+. The second-order valence-electron chi connectivity index (χ2n) is 5.04. The van der Waals surface area contributed by atoms with Crippen molar-refractivity contribution in [1.29, 1.82) is 0 Å². The van der Waals surface area contributed by atoms with Crippen LogP contribution in [0.25, 0.3) is 5.82 Å². The molecule has 2 aromatic heterocycles. The Morgan fingerprint density at radius 3 is 2.70 bits per heavy atom. The Bertz CT molecular complexity index is 838. The van der Waals surface area contributed by atoms with E-state index in [0.717, 1.165) is 16.8 Å². The Hall–Kier alpha value is -2.29. The number of hydrogen-bond donors (Lipinski definition) is 1. The third-order valence-corrected chi connectivity index (χ3v) is 3.92. The Morgan fingerprint density at radius 1 is 1.22 bits per heavy atom. The number of aromatic nitrogens is 4. The van der Waals surface area contributed by atoms with Gasteiger partial charge in [-0.05, 0) is 59.7 Å². The molecule has 0 spiro atoms. The average Bonchev–Trinajstić information content (AvgIpc) is 3.00. The summed E-state index contributed by atoms with van der Waals surface area (Å²) in [6.07, 6.45) is 5.19. The minimum Gasteiger partial charge on any atom is -0.261 e. The van der Waals surface area contributed by atoms with Crippen LogP contribution in [0.2, 0.25) is 0 Å². The molecule has 0 saturated carbocycles. The lowest BCUT2D eigenvalue weighted by molar-refractivity contribution is 0.839. The summed E-state index contributed by atoms with van der Waals surface area (Å²) in [6, 6.07) is 9.99. The van der Waals surface area contributed by atoms with Gasteiger partial charge in [0, 0.05) is 15.8 Å². The van der Waals surface area contributed by atoms with E-state index in [1.54, 1.807) is 16.9 Å². The maximum absolute atomic E-state index is 4.38. The Labute approximate surface area is 147 Å². The second-order valence-corrected chi connectivity index (χ2v) is 6.29. The Morgan fingerprint density at radius 2 is 2.00 bits per heavy atom. The zero-order valence-corrected chi connectivity index (χ0v) is 14.9. The molecule has 0 unspecified atom stereocenters. The van der Waals surface area contributed by atoms with Crippen LogP contribution in [0.15, 0.2) is 54.2 Å². The molecule has 0 aliphatic carbocycles. The summed E-state index contributed by atoms with van der Waals surface area (Å²) in [4.78, 5) is 8.40. The highest BCUT2D eigenvalue weighted by Crippen LogP contribution is 2.11. The van der Waals surface area contributed by atoms with Gasteiger partial charge in [0.15, 0.2) is 11.6 Å². The first-order chi connectivity index (χ1) is 11.1. The van der Waals surface area contributed by atoms with Gasteiger partial charge in [0.05, 0.1) is 11.9 Å². The normalized spacial score (nSPS) is 11.5. The molecule has 0 saturated heterocycles. The van der Waals surface area contributed by atoms with Crippen molar-refractivity contribution in [3.8, 4) is 5.82 Å². The van der Waals surface area contributed by atoms with Crippen molar-refractivity contribution in [2.75, 3.05) is 5.43 Å². The van der Waals surface area contributed by atoms with Crippen LogP contribution in [0.5, 0.6) is 0 Å². The molecule has 0 aliphatic heterocycles. The van der Waals surface area contributed by atoms with Crippen molar-refractivity contribution in [3.05, 3.63) is 63.7 Å². The van der Waals surface area contributed by atoms with Crippen molar-refractivity contribution in [3.63, 3.8) is 0 Å². The summed E-state index contributed by atoms with van der Waals surface area (Å²) in [5, 5.41) is 8.62. The van der Waals surface area contributed by atoms with Gasteiger partial charge in [0.2, 0.25) is 0 Å². The summed E-state index contributed by atoms with van der Waals surface area (Å²) >= 11 is 2.28. The van der Waals surface area contributed by atoms with Crippen molar-refractivity contribution in [1.82, 2.24) is 19.7 Å². The van der Waals surface area contributed by atoms with Gasteiger partial charge >= 0.3 is 0 Å². The molecule has 3 rings (SSSR count). The molecule has 0 amide bonds. The maximum atomic E-state index is 4.38. The van der Waals surface area contributed by atoms with Gasteiger partial charge in [-0.3, -0.25) is 5.43 Å². The van der Waals surface area contributed by atoms with Crippen LogP contribution in [0, 0.1) is 10.5 Å². The number of hydrazone groups is 1. The number of benzene rings is 1. The number of nitrogens with one attached hydrogen (secondary N) is 1. The monoisotopic (exact) mass is 418 g/mol. The van der Waals surface area contributed by atoms with Gasteiger partial charge in [0.25, 0.3) is 0 Å². The van der Waals surface area contributed by atoms with Crippen LogP contribution in [-0.2, 0) is 0 Å². The molecule has 6 nitrogen and oxygen atoms in total. The lowest BCUT2D eigenvalue weighted by Gasteiger charge is -2.05. The number of hydrogen-bond acceptors (Lipinski definition) is 5. The summed E-state index contributed by atoms with van der Waals surface area (Å²) in [5.74, 6) is 1.31. The molecule has 116 valence electrons. The maximum Gasteiger partial charge on any atom is 0.158 e. The highest BCUT2D eigenvalue weighted by Gasteiger charge is 2.03. The third-order valence-electron chi connectivity index (χ3n) is 3.20. The van der Waals surface area contributed by atoms with E-state index < -0.39 is 0 Å². The fourth-order valence-corrected chi connectivity index (χ4v) is 2.33. The highest BCUT2D eigenvalue weighted by atomic mass is 127. The zero-order chi connectivity index (χ0) is 16.2. The van der Waals surface area contributed by atoms with Crippen molar-refractivity contribution in [2.45, 2.75) is 13.8 Å². The molecule has 1 N–H and O–H groups in total. The first-order valence-corrected chi connectivity index (χ1v) is 8.09. The largest absolute Gasteiger partial charge is 0.261 e. The molecule has 3 aromatic rings. The van der Waals surface area contributed by atoms with Crippen LogP contribution in [0.1, 0.15) is 18.1 Å². The molecule has 23 heavy (non-hydrogen) atoms. The Balaban J connectivity index is 1.78. The molecule has 1 aromatic carbocycles. The zero-order valence-electron chi connectivity index (χ0n) is 12.7. The van der Waals surface area contributed by atoms with Crippen LogP contribution in [0.4, 0.5) is 5.82 Å². The summed E-state index contributed by atoms with van der Waals surface area (Å²) in [7, 11) is 0. The predicted molar refractivity (Wildman–Crippen MR) is 98.9 cm³/mol. The van der Waals surface area contributed by atoms with Crippen molar-refractivity contribution in [2.24, 2.45) is 5.10 Å². The molecule has 2 heterocycles. The van der Waals surface area contributed by atoms with Gasteiger partial charge in [-0.2, -0.15) is 10.2 Å². The van der Waals surface area contributed by atoms with Crippen molar-refractivity contribution >= 4 is 34.1 Å². The minimum atomic E-state index is 0.619. The van der Waals surface area contributed by atoms with Crippen LogP contribution in [0.3, 0.4) is 0 Å². The Kier molecular flexibility index (Phi) is 4.65. The minimum absolute atomic E-state index is 0.619. The third kappa shape index (κ3) is 3.92. The van der Waals surface area contributed by atoms with Gasteiger partial charge < -0.3 is 0 Å². The smallest absolute Gasteiger partial charge is 0.158 e. The SMILES string of the molecule is C/C(=N\Nc1cc(-n2cc(C)cn2)ncn1)c1ccc(I)cc1. The van der Waals surface area contributed by atoms with E-state index in [-0.39, 0.29) is 0 Å². The lowest BCUT2D eigenvalue weighted by Crippen LogP contribution is -2.03. The quantitative estimate of drug-likeness (QED) is 0.401. The summed E-state index contributed by atoms with van der Waals surface area (Å²) < 4.78 is 2.90. The van der Waals surface area contributed by atoms with Gasteiger partial charge in [-0.15, -0.1) is 0 Å². The molecule has 0 aliphatic rings. The number of aryl methyl sites for hydroxylation is 1. The predicted octanol–water partition coefficient (Wildman–Crippen LogP) is 3.41. The van der Waals surface area contributed by atoms with E-state index in [4.69, 9.17) is 0 Å². The molecular weight excluding hydrogens is 403 g/mol. The summed E-state index contributed by atoms with van der Waals surface area (Å²) in [6.45, 7) is 3.94. The molecular formula is C16H15IN6. The van der Waals surface area contributed by atoms with E-state index >= 15 is 0 Å². The molecule has 0 atom stereocenters. The summed E-state index contributed by atoms with van der Waals surface area (Å²) in [5.41, 5.74) is 5.99. The lowest BCUT2D eigenvalue weighted by atomic mass is 10.1. The van der Waals surface area contributed by atoms with Gasteiger partial charge in [0.1, 0.15) is 6.33 Å². The van der Waals surface area contributed by atoms with Gasteiger partial charge in [-0.1, -0.05) is 12.1 Å². The van der Waals surface area contributed by atoms with Crippen LogP contribution < -0.4 is 5.43 Å². The fourth-order valence-electron chi connectivity index (χ4n) is 1.97. The van der Waals surface area contributed by atoms with E-state index in [1.807, 2.05) is 32.2 Å². The first kappa shape index (κ1) is 15.6.